The zero-order valence-electron chi connectivity index (χ0n) is 13.4. The molecule has 122 valence electrons. The molecule has 3 nitrogen and oxygen atoms in total. The zero-order chi connectivity index (χ0) is 15.8. The molecule has 1 aromatic heterocycles. The molecule has 1 unspecified atom stereocenters. The number of carbonyl (C=O) groups is 1. The van der Waals surface area contributed by atoms with Gasteiger partial charge in [-0.2, -0.15) is 0 Å². The lowest BCUT2D eigenvalue weighted by molar-refractivity contribution is -0.134. The van der Waals surface area contributed by atoms with Crippen LogP contribution in [0.1, 0.15) is 49.3 Å². The van der Waals surface area contributed by atoms with Crippen LogP contribution in [0.4, 0.5) is 0 Å². The van der Waals surface area contributed by atoms with Crippen LogP contribution >= 0.6 is 22.6 Å². The standard InChI is InChI=1S/C19H23IN2O/c20-13-22-16-9-3-2-7-14(16)18-15(8-6-10-17(18)22)19(23)21-11-4-1-5-12-21/h2-3,7,9,15H,1,4-6,8,10-13H2. The monoisotopic (exact) mass is 422 g/mol. The minimum absolute atomic E-state index is 0.0750. The maximum atomic E-state index is 13.2. The molecule has 2 aliphatic rings. The predicted octanol–water partition coefficient (Wildman–Crippen LogP) is 4.47. The van der Waals surface area contributed by atoms with Gasteiger partial charge in [0.2, 0.25) is 5.91 Å². The van der Waals surface area contributed by atoms with Crippen LogP contribution in [-0.2, 0) is 15.8 Å². The lowest BCUT2D eigenvalue weighted by Gasteiger charge is -2.32. The summed E-state index contributed by atoms with van der Waals surface area (Å²) in [5.74, 6) is 0.452. The molecule has 1 saturated heterocycles. The first-order chi connectivity index (χ1) is 11.3. The van der Waals surface area contributed by atoms with E-state index in [0.717, 1.165) is 36.9 Å². The molecule has 0 saturated carbocycles. The highest BCUT2D eigenvalue weighted by atomic mass is 127. The predicted molar refractivity (Wildman–Crippen MR) is 102 cm³/mol. The van der Waals surface area contributed by atoms with Gasteiger partial charge in [0.1, 0.15) is 0 Å². The van der Waals surface area contributed by atoms with Gasteiger partial charge in [-0.25, -0.2) is 0 Å². The number of para-hydroxylation sites is 1. The summed E-state index contributed by atoms with van der Waals surface area (Å²) in [6, 6.07) is 8.63. The number of alkyl halides is 1. The molecule has 4 heteroatoms. The van der Waals surface area contributed by atoms with Crippen LogP contribution in [0.3, 0.4) is 0 Å². The van der Waals surface area contributed by atoms with Gasteiger partial charge in [-0.15, -0.1) is 0 Å². The zero-order valence-corrected chi connectivity index (χ0v) is 15.6. The number of amides is 1. The van der Waals surface area contributed by atoms with Gasteiger partial charge in [0.25, 0.3) is 0 Å². The van der Waals surface area contributed by atoms with E-state index in [1.807, 2.05) is 0 Å². The molecule has 1 aromatic carbocycles. The number of rotatable bonds is 2. The van der Waals surface area contributed by atoms with Crippen LogP contribution in [0.5, 0.6) is 0 Å². The van der Waals surface area contributed by atoms with Gasteiger partial charge in [-0.3, -0.25) is 4.79 Å². The normalized spacial score (nSPS) is 21.4. The Kier molecular flexibility index (Phi) is 4.35. The minimum Gasteiger partial charge on any atom is -0.342 e. The second kappa shape index (κ2) is 6.46. The fourth-order valence-electron chi connectivity index (χ4n) is 4.38. The average Bonchev–Trinajstić information content (AvgIpc) is 2.95. The number of halogens is 1. The van der Waals surface area contributed by atoms with Crippen molar-refractivity contribution in [1.29, 1.82) is 0 Å². The van der Waals surface area contributed by atoms with Crippen LogP contribution in [0.2, 0.25) is 0 Å². The highest BCUT2D eigenvalue weighted by Gasteiger charge is 2.34. The topological polar surface area (TPSA) is 25.2 Å². The van der Waals surface area contributed by atoms with Crippen molar-refractivity contribution >= 4 is 39.4 Å². The first-order valence-corrected chi connectivity index (χ1v) is 10.3. The number of hydrogen-bond acceptors (Lipinski definition) is 1. The van der Waals surface area contributed by atoms with Gasteiger partial charge in [0, 0.05) is 29.7 Å². The number of likely N-dealkylation sites (tertiary alicyclic amines) is 1. The van der Waals surface area contributed by atoms with E-state index in [2.05, 4.69) is 56.3 Å². The first kappa shape index (κ1) is 15.5. The molecule has 0 N–H and O–H groups in total. The van der Waals surface area contributed by atoms with Crippen molar-refractivity contribution in [1.82, 2.24) is 9.47 Å². The Morgan fingerprint density at radius 2 is 1.91 bits per heavy atom. The Morgan fingerprint density at radius 1 is 1.13 bits per heavy atom. The molecular formula is C19H23IN2O. The highest BCUT2D eigenvalue weighted by molar-refractivity contribution is 14.1. The molecule has 0 radical (unpaired) electrons. The quantitative estimate of drug-likeness (QED) is 0.518. The molecule has 1 fully saturated rings. The summed E-state index contributed by atoms with van der Waals surface area (Å²) in [6.45, 7) is 1.91. The van der Waals surface area contributed by atoms with Crippen molar-refractivity contribution in [3.63, 3.8) is 0 Å². The number of benzene rings is 1. The number of piperidine rings is 1. The van der Waals surface area contributed by atoms with Crippen molar-refractivity contribution in [3.05, 3.63) is 35.5 Å². The molecule has 0 spiro atoms. The smallest absolute Gasteiger partial charge is 0.230 e. The fraction of sp³-hybridized carbons (Fsp3) is 0.526. The summed E-state index contributed by atoms with van der Waals surface area (Å²) in [6.07, 6.45) is 6.86. The van der Waals surface area contributed by atoms with E-state index in [0.29, 0.717) is 5.91 Å². The molecule has 1 aliphatic heterocycles. The van der Waals surface area contributed by atoms with Gasteiger partial charge in [-0.1, -0.05) is 40.8 Å². The maximum Gasteiger partial charge on any atom is 0.230 e. The van der Waals surface area contributed by atoms with Gasteiger partial charge < -0.3 is 9.47 Å². The Labute approximate surface area is 151 Å². The third kappa shape index (κ3) is 2.59. The van der Waals surface area contributed by atoms with Gasteiger partial charge in [0.05, 0.1) is 10.5 Å². The van der Waals surface area contributed by atoms with E-state index in [1.165, 1.54) is 41.4 Å². The number of nitrogens with zero attached hydrogens (tertiary/aromatic N) is 2. The van der Waals surface area contributed by atoms with E-state index in [1.54, 1.807) is 0 Å². The second-order valence-corrected chi connectivity index (χ2v) is 7.44. The third-order valence-corrected chi connectivity index (χ3v) is 6.14. The first-order valence-electron chi connectivity index (χ1n) is 8.76. The van der Waals surface area contributed by atoms with Crippen molar-refractivity contribution in [3.8, 4) is 0 Å². The van der Waals surface area contributed by atoms with Crippen LogP contribution in [0.25, 0.3) is 10.9 Å². The Bertz CT molecular complexity index is 730. The summed E-state index contributed by atoms with van der Waals surface area (Å²) >= 11 is 2.44. The fourth-order valence-corrected chi connectivity index (χ4v) is 5.16. The number of hydrogen-bond donors (Lipinski definition) is 0. The van der Waals surface area contributed by atoms with E-state index < -0.39 is 0 Å². The van der Waals surface area contributed by atoms with Crippen molar-refractivity contribution in [2.75, 3.05) is 13.1 Å². The summed E-state index contributed by atoms with van der Waals surface area (Å²) in [5.41, 5.74) is 4.03. The second-order valence-electron chi connectivity index (χ2n) is 6.76. The SMILES string of the molecule is O=C(C1CCCc2c1c1ccccc1n2CI)N1CCCCC1. The molecule has 1 aliphatic carbocycles. The van der Waals surface area contributed by atoms with Gasteiger partial charge in [-0.05, 0) is 50.2 Å². The summed E-state index contributed by atoms with van der Waals surface area (Å²) in [4.78, 5) is 15.3. The largest absolute Gasteiger partial charge is 0.342 e. The van der Waals surface area contributed by atoms with Crippen molar-refractivity contribution < 1.29 is 4.79 Å². The van der Waals surface area contributed by atoms with Crippen molar-refractivity contribution in [2.45, 2.75) is 49.0 Å². The molecule has 4 rings (SSSR count). The van der Waals surface area contributed by atoms with Crippen LogP contribution in [-0.4, -0.2) is 28.5 Å². The molecule has 1 amide bonds. The van der Waals surface area contributed by atoms with Crippen LogP contribution < -0.4 is 0 Å². The van der Waals surface area contributed by atoms with Gasteiger partial charge in [0.15, 0.2) is 0 Å². The lowest BCUT2D eigenvalue weighted by Crippen LogP contribution is -2.39. The minimum atomic E-state index is 0.0750. The average molecular weight is 422 g/mol. The van der Waals surface area contributed by atoms with E-state index in [9.17, 15) is 4.79 Å². The number of carbonyl (C=O) groups excluding carboxylic acids is 1. The van der Waals surface area contributed by atoms with Crippen LogP contribution in [0.15, 0.2) is 24.3 Å². The van der Waals surface area contributed by atoms with E-state index >= 15 is 0 Å². The van der Waals surface area contributed by atoms with E-state index in [-0.39, 0.29) is 5.92 Å². The Morgan fingerprint density at radius 3 is 2.70 bits per heavy atom. The Hall–Kier alpha value is -1.04. The number of aromatic nitrogens is 1. The summed E-state index contributed by atoms with van der Waals surface area (Å²) in [5, 5.41) is 1.30. The molecule has 1 atom stereocenters. The van der Waals surface area contributed by atoms with E-state index in [4.69, 9.17) is 0 Å². The van der Waals surface area contributed by atoms with Gasteiger partial charge >= 0.3 is 0 Å². The maximum absolute atomic E-state index is 13.2. The molecular weight excluding hydrogens is 399 g/mol. The summed E-state index contributed by atoms with van der Waals surface area (Å²) < 4.78 is 3.37. The van der Waals surface area contributed by atoms with Crippen molar-refractivity contribution in [2.24, 2.45) is 0 Å². The Balaban J connectivity index is 1.80. The third-order valence-electron chi connectivity index (χ3n) is 5.46. The number of fused-ring (bicyclic) bond motifs is 3. The molecule has 0 bridgehead atoms. The molecule has 2 heterocycles. The summed E-state index contributed by atoms with van der Waals surface area (Å²) in [7, 11) is 0. The highest BCUT2D eigenvalue weighted by Crippen LogP contribution is 2.40. The molecule has 2 aromatic rings. The molecule has 23 heavy (non-hydrogen) atoms. The van der Waals surface area contributed by atoms with Crippen LogP contribution in [0, 0.1) is 0 Å². The lowest BCUT2D eigenvalue weighted by atomic mass is 9.84.